The van der Waals surface area contributed by atoms with Gasteiger partial charge in [-0.2, -0.15) is 0 Å². The van der Waals surface area contributed by atoms with E-state index in [2.05, 4.69) is 42.3 Å². The normalized spacial score (nSPS) is 15.6. The molecule has 2 aromatic carbocycles. The molecule has 1 fully saturated rings. The maximum Gasteiger partial charge on any atom is 0.321 e. The van der Waals surface area contributed by atoms with Gasteiger partial charge in [-0.05, 0) is 55.2 Å². The summed E-state index contributed by atoms with van der Waals surface area (Å²) in [6.07, 6.45) is 0. The minimum absolute atomic E-state index is 0. The van der Waals surface area contributed by atoms with Gasteiger partial charge in [-0.15, -0.1) is 12.4 Å². The quantitative estimate of drug-likeness (QED) is 0.675. The molecule has 4 rings (SSSR count). The molecule has 4 amide bonds. The Morgan fingerprint density at radius 2 is 1.64 bits per heavy atom. The van der Waals surface area contributed by atoms with E-state index in [1.165, 1.54) is 21.7 Å². The molecule has 0 aliphatic carbocycles. The zero-order valence-electron chi connectivity index (χ0n) is 19.6. The molecule has 0 atom stereocenters. The van der Waals surface area contributed by atoms with E-state index >= 15 is 0 Å². The van der Waals surface area contributed by atoms with Crippen molar-refractivity contribution in [1.82, 2.24) is 9.80 Å². The Bertz CT molecular complexity index is 1080. The van der Waals surface area contributed by atoms with E-state index < -0.39 is 0 Å². The molecule has 2 aliphatic rings. The Kier molecular flexibility index (Phi) is 7.32. The van der Waals surface area contributed by atoms with E-state index in [9.17, 15) is 14.4 Å². The number of anilines is 2. The molecule has 2 aliphatic heterocycles. The van der Waals surface area contributed by atoms with Gasteiger partial charge in [-0.3, -0.25) is 14.5 Å². The lowest BCUT2D eigenvalue weighted by Crippen LogP contribution is -2.50. The zero-order chi connectivity index (χ0) is 23.0. The fraction of sp³-hybridized carbons (Fsp3) is 0.400. The number of rotatable bonds is 4. The number of halogens is 1. The Hall–Kier alpha value is -3.06. The number of amides is 4. The van der Waals surface area contributed by atoms with Gasteiger partial charge in [0.15, 0.2) is 0 Å². The number of fused-ring (bicyclic) bond motifs is 1. The molecule has 7 nitrogen and oxygen atoms in total. The standard InChI is InChI=1S/C25H30N4O3.ClH/c1-16(2)15-29-23(30)20-9-8-19(14-21(20)24(29)31)26-25(32)28-12-10-27(11-13-28)22-7-5-6-17(3)18(22)4;/h5-9,14,16H,10-13,15H2,1-4H3,(H,26,32);1H. The summed E-state index contributed by atoms with van der Waals surface area (Å²) in [7, 11) is 0. The number of carbonyl (C=O) groups is 3. The van der Waals surface area contributed by atoms with Gasteiger partial charge in [-0.25, -0.2) is 4.79 Å². The summed E-state index contributed by atoms with van der Waals surface area (Å²) in [5.74, 6) is -0.366. The van der Waals surface area contributed by atoms with Gasteiger partial charge in [0.2, 0.25) is 0 Å². The molecule has 1 saturated heterocycles. The van der Waals surface area contributed by atoms with Crippen molar-refractivity contribution in [3.05, 3.63) is 58.7 Å². The second-order valence-electron chi connectivity index (χ2n) is 9.00. The van der Waals surface area contributed by atoms with Crippen LogP contribution in [0, 0.1) is 19.8 Å². The largest absolute Gasteiger partial charge is 0.368 e. The predicted molar refractivity (Wildman–Crippen MR) is 133 cm³/mol. The number of hydrogen-bond donors (Lipinski definition) is 1. The third-order valence-corrected chi connectivity index (χ3v) is 6.25. The van der Waals surface area contributed by atoms with Gasteiger partial charge in [-0.1, -0.05) is 26.0 Å². The van der Waals surface area contributed by atoms with Gasteiger partial charge in [0, 0.05) is 44.1 Å². The highest BCUT2D eigenvalue weighted by Crippen LogP contribution is 2.27. The second kappa shape index (κ2) is 9.83. The number of imide groups is 1. The molecule has 176 valence electrons. The smallest absolute Gasteiger partial charge is 0.321 e. The Labute approximate surface area is 201 Å². The summed E-state index contributed by atoms with van der Waals surface area (Å²) >= 11 is 0. The van der Waals surface area contributed by atoms with Gasteiger partial charge >= 0.3 is 6.03 Å². The van der Waals surface area contributed by atoms with Crippen LogP contribution in [0.3, 0.4) is 0 Å². The first kappa shape index (κ1) is 24.6. The van der Waals surface area contributed by atoms with Crippen molar-refractivity contribution >= 4 is 41.6 Å². The first-order valence-electron chi connectivity index (χ1n) is 11.1. The molecule has 0 bridgehead atoms. The average molecular weight is 471 g/mol. The van der Waals surface area contributed by atoms with Crippen LogP contribution in [0.15, 0.2) is 36.4 Å². The fourth-order valence-corrected chi connectivity index (χ4v) is 4.33. The summed E-state index contributed by atoms with van der Waals surface area (Å²) < 4.78 is 0. The summed E-state index contributed by atoms with van der Waals surface area (Å²) in [5.41, 5.74) is 5.04. The van der Waals surface area contributed by atoms with Crippen LogP contribution in [0.25, 0.3) is 0 Å². The van der Waals surface area contributed by atoms with Crippen LogP contribution >= 0.6 is 12.4 Å². The van der Waals surface area contributed by atoms with Crippen LogP contribution in [0.1, 0.15) is 45.7 Å². The Morgan fingerprint density at radius 3 is 2.30 bits per heavy atom. The summed E-state index contributed by atoms with van der Waals surface area (Å²) in [4.78, 5) is 43.4. The average Bonchev–Trinajstić information content (AvgIpc) is 3.00. The highest BCUT2D eigenvalue weighted by Gasteiger charge is 2.36. The third kappa shape index (κ3) is 4.83. The molecule has 2 aromatic rings. The van der Waals surface area contributed by atoms with Crippen LogP contribution in [-0.2, 0) is 0 Å². The zero-order valence-corrected chi connectivity index (χ0v) is 20.4. The molecule has 2 heterocycles. The van der Waals surface area contributed by atoms with Crippen molar-refractivity contribution in [2.24, 2.45) is 5.92 Å². The number of nitrogens with zero attached hydrogens (tertiary/aromatic N) is 3. The van der Waals surface area contributed by atoms with Gasteiger partial charge < -0.3 is 15.1 Å². The van der Waals surface area contributed by atoms with Crippen molar-refractivity contribution in [3.8, 4) is 0 Å². The van der Waals surface area contributed by atoms with Crippen molar-refractivity contribution in [2.75, 3.05) is 42.9 Å². The predicted octanol–water partition coefficient (Wildman–Crippen LogP) is 4.33. The first-order valence-corrected chi connectivity index (χ1v) is 11.1. The summed E-state index contributed by atoms with van der Waals surface area (Å²) in [6.45, 7) is 11.3. The maximum atomic E-state index is 12.8. The Balaban J connectivity index is 0.00000306. The number of carbonyl (C=O) groups excluding carboxylic acids is 3. The van der Waals surface area contributed by atoms with E-state index in [-0.39, 0.29) is 36.2 Å². The van der Waals surface area contributed by atoms with Gasteiger partial charge in [0.1, 0.15) is 0 Å². The summed E-state index contributed by atoms with van der Waals surface area (Å²) in [6, 6.07) is 11.0. The number of hydrogen-bond acceptors (Lipinski definition) is 4. The van der Waals surface area contributed by atoms with Gasteiger partial charge in [0.05, 0.1) is 11.1 Å². The minimum Gasteiger partial charge on any atom is -0.368 e. The van der Waals surface area contributed by atoms with E-state index in [0.717, 1.165) is 13.1 Å². The number of piperazine rings is 1. The fourth-order valence-electron chi connectivity index (χ4n) is 4.33. The lowest BCUT2D eigenvalue weighted by Gasteiger charge is -2.37. The van der Waals surface area contributed by atoms with Crippen molar-refractivity contribution in [1.29, 1.82) is 0 Å². The molecular weight excluding hydrogens is 440 g/mol. The van der Waals surface area contributed by atoms with E-state index in [1.807, 2.05) is 13.8 Å². The van der Waals surface area contributed by atoms with Crippen LogP contribution in [0.4, 0.5) is 16.2 Å². The molecule has 0 radical (unpaired) electrons. The van der Waals surface area contributed by atoms with Crippen LogP contribution in [0.2, 0.25) is 0 Å². The topological polar surface area (TPSA) is 73.0 Å². The number of aryl methyl sites for hydroxylation is 1. The number of benzene rings is 2. The summed E-state index contributed by atoms with van der Waals surface area (Å²) in [5, 5.41) is 2.89. The number of nitrogens with one attached hydrogen (secondary N) is 1. The van der Waals surface area contributed by atoms with Crippen LogP contribution in [0.5, 0.6) is 0 Å². The highest BCUT2D eigenvalue weighted by molar-refractivity contribution is 6.21. The lowest BCUT2D eigenvalue weighted by atomic mass is 10.1. The SMILES string of the molecule is Cc1cccc(N2CCN(C(=O)Nc3ccc4c(c3)C(=O)N(CC(C)C)C4=O)CC2)c1C.Cl. The van der Waals surface area contributed by atoms with Crippen molar-refractivity contribution in [2.45, 2.75) is 27.7 Å². The molecule has 1 N–H and O–H groups in total. The van der Waals surface area contributed by atoms with Gasteiger partial charge in [0.25, 0.3) is 11.8 Å². The molecular formula is C25H31ClN4O3. The molecule has 0 unspecified atom stereocenters. The molecule has 33 heavy (non-hydrogen) atoms. The van der Waals surface area contributed by atoms with E-state index in [4.69, 9.17) is 0 Å². The van der Waals surface area contributed by atoms with Crippen molar-refractivity contribution < 1.29 is 14.4 Å². The second-order valence-corrected chi connectivity index (χ2v) is 9.00. The maximum absolute atomic E-state index is 12.8. The van der Waals surface area contributed by atoms with Crippen LogP contribution < -0.4 is 10.2 Å². The monoisotopic (exact) mass is 470 g/mol. The minimum atomic E-state index is -0.295. The van der Waals surface area contributed by atoms with E-state index in [1.54, 1.807) is 23.1 Å². The van der Waals surface area contributed by atoms with E-state index in [0.29, 0.717) is 36.4 Å². The molecule has 0 aromatic heterocycles. The first-order chi connectivity index (χ1) is 15.3. The number of urea groups is 1. The highest BCUT2D eigenvalue weighted by atomic mass is 35.5. The van der Waals surface area contributed by atoms with Crippen molar-refractivity contribution in [3.63, 3.8) is 0 Å². The lowest BCUT2D eigenvalue weighted by molar-refractivity contribution is 0.0636. The molecule has 0 saturated carbocycles. The van der Waals surface area contributed by atoms with Crippen LogP contribution in [-0.4, -0.2) is 60.4 Å². The third-order valence-electron chi connectivity index (χ3n) is 6.25. The Morgan fingerprint density at radius 1 is 0.970 bits per heavy atom. The molecule has 8 heteroatoms. The molecule has 0 spiro atoms.